The molecule has 2 amide bonds. The first-order valence-electron chi connectivity index (χ1n) is 10.00. The Labute approximate surface area is 193 Å². The molecule has 2 N–H and O–H groups in total. The van der Waals surface area contributed by atoms with Crippen LogP contribution in [-0.4, -0.2) is 57.1 Å². The third-order valence-electron chi connectivity index (χ3n) is 5.55. The molecule has 1 fully saturated rings. The maximum Gasteiger partial charge on any atom is 0.407 e. The third-order valence-corrected chi connectivity index (χ3v) is 8.92. The Bertz CT molecular complexity index is 900. The second kappa shape index (κ2) is 9.00. The second-order valence-electron chi connectivity index (χ2n) is 7.90. The molecule has 0 bridgehead atoms. The molecule has 4 atom stereocenters. The number of H-pyrrole nitrogens is 1. The van der Waals surface area contributed by atoms with Crippen molar-refractivity contribution in [1.29, 1.82) is 0 Å². The molecular formula is C20H25BrN4O3S2. The smallest absolute Gasteiger partial charge is 0.407 e. The van der Waals surface area contributed by atoms with Gasteiger partial charge in [0, 0.05) is 25.8 Å². The Hall–Kier alpha value is -1.39. The summed E-state index contributed by atoms with van der Waals surface area (Å²) in [7, 11) is 1.30. The third kappa shape index (κ3) is 4.31. The number of rotatable bonds is 5. The van der Waals surface area contributed by atoms with Gasteiger partial charge in [-0.2, -0.15) is 0 Å². The van der Waals surface area contributed by atoms with E-state index in [1.165, 1.54) is 15.8 Å². The number of amides is 2. The van der Waals surface area contributed by atoms with Crippen LogP contribution in [-0.2, 0) is 9.53 Å². The summed E-state index contributed by atoms with van der Waals surface area (Å²) >= 11 is 7.24. The zero-order valence-corrected chi connectivity index (χ0v) is 20.3. The molecule has 0 radical (unpaired) electrons. The molecule has 0 saturated carbocycles. The van der Waals surface area contributed by atoms with Gasteiger partial charge >= 0.3 is 6.09 Å². The zero-order valence-electron chi connectivity index (χ0n) is 17.1. The number of carbonyl (C=O) groups is 2. The molecule has 1 aromatic rings. The van der Waals surface area contributed by atoms with E-state index in [2.05, 4.69) is 43.4 Å². The zero-order chi connectivity index (χ0) is 21.4. The summed E-state index contributed by atoms with van der Waals surface area (Å²) in [5.74, 6) is 0.667. The molecule has 4 rings (SSSR count). The maximum atomic E-state index is 13.2. The number of aromatic amines is 1. The number of methoxy groups -OCH3 is 1. The lowest BCUT2D eigenvalue weighted by Crippen LogP contribution is -2.51. The number of hydrogen-bond donors (Lipinski definition) is 2. The van der Waals surface area contributed by atoms with Crippen molar-refractivity contribution in [3.8, 4) is 0 Å². The Morgan fingerprint density at radius 2 is 2.10 bits per heavy atom. The van der Waals surface area contributed by atoms with Crippen molar-refractivity contribution in [2.45, 2.75) is 49.3 Å². The minimum atomic E-state index is -0.623. The first-order chi connectivity index (χ1) is 14.4. The van der Waals surface area contributed by atoms with Crippen LogP contribution >= 0.6 is 39.5 Å². The largest absolute Gasteiger partial charge is 0.453 e. The van der Waals surface area contributed by atoms with Gasteiger partial charge in [-0.1, -0.05) is 19.9 Å². The summed E-state index contributed by atoms with van der Waals surface area (Å²) in [5.41, 5.74) is 1.00. The number of carbonyl (C=O) groups excluding carboxylic acids is 2. The summed E-state index contributed by atoms with van der Waals surface area (Å²) in [6.07, 6.45) is 7.57. The van der Waals surface area contributed by atoms with E-state index < -0.39 is 12.1 Å². The second-order valence-corrected chi connectivity index (χ2v) is 11.7. The van der Waals surface area contributed by atoms with E-state index in [0.29, 0.717) is 17.0 Å². The fourth-order valence-electron chi connectivity index (χ4n) is 4.00. The predicted octanol–water partition coefficient (Wildman–Crippen LogP) is 4.26. The standard InChI is InChI=1S/C20H25BrN4O3S2/c1-10(2)17(24-20(27)28-3)19(26)25-6-4-5-12(25)18-22-9-11(23-18)13-7-14-15(29-13)8-16(21)30-14/h7-10,12,14-15,17H,4-6H2,1-3H3,(H,22,23)(H,24,27)/t12-,14?,15?,17-/m0/s1. The number of imidazole rings is 1. The van der Waals surface area contributed by atoms with Gasteiger partial charge in [0.15, 0.2) is 0 Å². The topological polar surface area (TPSA) is 87.3 Å². The van der Waals surface area contributed by atoms with Crippen LogP contribution in [0.2, 0.25) is 0 Å². The average Bonchev–Trinajstić information content (AvgIpc) is 3.46. The molecule has 3 aliphatic rings. The van der Waals surface area contributed by atoms with E-state index in [1.807, 2.05) is 48.5 Å². The van der Waals surface area contributed by atoms with Gasteiger partial charge in [0.1, 0.15) is 11.9 Å². The number of likely N-dealkylation sites (tertiary alicyclic amines) is 1. The minimum Gasteiger partial charge on any atom is -0.453 e. The molecule has 2 unspecified atom stereocenters. The summed E-state index contributed by atoms with van der Waals surface area (Å²) in [6, 6.07) is -0.732. The molecule has 1 saturated heterocycles. The van der Waals surface area contributed by atoms with E-state index in [1.54, 1.807) is 0 Å². The van der Waals surface area contributed by atoms with Gasteiger partial charge in [-0.25, -0.2) is 9.78 Å². The van der Waals surface area contributed by atoms with Crippen LogP contribution in [0.3, 0.4) is 0 Å². The number of ether oxygens (including phenoxy) is 1. The van der Waals surface area contributed by atoms with Crippen molar-refractivity contribution in [3.63, 3.8) is 0 Å². The van der Waals surface area contributed by atoms with Crippen molar-refractivity contribution in [2.24, 2.45) is 5.92 Å². The Balaban J connectivity index is 1.48. The van der Waals surface area contributed by atoms with Crippen LogP contribution in [0.15, 0.2) is 22.2 Å². The van der Waals surface area contributed by atoms with Gasteiger partial charge in [0.05, 0.1) is 25.0 Å². The first-order valence-corrected chi connectivity index (χ1v) is 12.5. The number of nitrogens with zero attached hydrogens (tertiary/aromatic N) is 2. The van der Waals surface area contributed by atoms with E-state index >= 15 is 0 Å². The highest BCUT2D eigenvalue weighted by molar-refractivity contribution is 9.14. The number of alkyl carbamates (subject to hydrolysis) is 1. The predicted molar refractivity (Wildman–Crippen MR) is 124 cm³/mol. The molecule has 7 nitrogen and oxygen atoms in total. The molecule has 1 aromatic heterocycles. The summed E-state index contributed by atoms with van der Waals surface area (Å²) in [6.45, 7) is 4.49. The Morgan fingerprint density at radius 3 is 2.80 bits per heavy atom. The minimum absolute atomic E-state index is 0.0469. The van der Waals surface area contributed by atoms with Gasteiger partial charge in [-0.15, -0.1) is 23.5 Å². The van der Waals surface area contributed by atoms with Crippen LogP contribution in [0.25, 0.3) is 4.91 Å². The number of hydrogen-bond acceptors (Lipinski definition) is 6. The number of aromatic nitrogens is 2. The van der Waals surface area contributed by atoms with E-state index in [-0.39, 0.29) is 17.9 Å². The SMILES string of the molecule is COC(=O)N[C@H](C(=O)N1CCC[C@H]1c1ncc(C2=CC3SC(Br)=CC3S2)[nH]1)C(C)C. The van der Waals surface area contributed by atoms with Gasteiger partial charge in [-0.3, -0.25) is 4.79 Å². The van der Waals surface area contributed by atoms with Gasteiger partial charge in [-0.05, 0) is 40.8 Å². The molecule has 4 heterocycles. The quantitative estimate of drug-likeness (QED) is 0.612. The molecular weight excluding hydrogens is 488 g/mol. The van der Waals surface area contributed by atoms with Gasteiger partial charge < -0.3 is 19.9 Å². The summed E-state index contributed by atoms with van der Waals surface area (Å²) in [4.78, 5) is 36.1. The molecule has 30 heavy (non-hydrogen) atoms. The highest BCUT2D eigenvalue weighted by atomic mass is 79.9. The molecule has 10 heteroatoms. The van der Waals surface area contributed by atoms with Crippen LogP contribution in [0, 0.1) is 5.92 Å². The van der Waals surface area contributed by atoms with Crippen molar-refractivity contribution in [1.82, 2.24) is 20.2 Å². The van der Waals surface area contributed by atoms with Gasteiger partial charge in [0.25, 0.3) is 0 Å². The Morgan fingerprint density at radius 1 is 1.33 bits per heavy atom. The molecule has 162 valence electrons. The summed E-state index contributed by atoms with van der Waals surface area (Å²) in [5, 5.41) is 3.59. The van der Waals surface area contributed by atoms with Crippen molar-refractivity contribution in [3.05, 3.63) is 33.7 Å². The van der Waals surface area contributed by atoms with Crippen LogP contribution in [0.5, 0.6) is 0 Å². The fraction of sp³-hybridized carbons (Fsp3) is 0.550. The van der Waals surface area contributed by atoms with Crippen molar-refractivity contribution >= 4 is 56.4 Å². The van der Waals surface area contributed by atoms with Gasteiger partial charge in [0.2, 0.25) is 5.91 Å². The van der Waals surface area contributed by atoms with Crippen molar-refractivity contribution < 1.29 is 14.3 Å². The first kappa shape index (κ1) is 21.8. The van der Waals surface area contributed by atoms with E-state index in [0.717, 1.165) is 24.4 Å². The van der Waals surface area contributed by atoms with Crippen LogP contribution in [0.4, 0.5) is 4.79 Å². The monoisotopic (exact) mass is 512 g/mol. The molecule has 0 aliphatic carbocycles. The van der Waals surface area contributed by atoms with E-state index in [9.17, 15) is 9.59 Å². The number of nitrogens with one attached hydrogen (secondary N) is 2. The lowest BCUT2D eigenvalue weighted by Gasteiger charge is -2.30. The van der Waals surface area contributed by atoms with Crippen molar-refractivity contribution in [2.75, 3.05) is 13.7 Å². The highest BCUT2D eigenvalue weighted by Crippen LogP contribution is 2.51. The van der Waals surface area contributed by atoms with Crippen LogP contribution in [0.1, 0.15) is 44.2 Å². The number of fused-ring (bicyclic) bond motifs is 1. The molecule has 0 spiro atoms. The normalized spacial score (nSPS) is 26.4. The van der Waals surface area contributed by atoms with Crippen LogP contribution < -0.4 is 5.32 Å². The fourth-order valence-corrected chi connectivity index (χ4v) is 7.68. The average molecular weight is 513 g/mol. The maximum absolute atomic E-state index is 13.2. The Kier molecular flexibility index (Phi) is 6.55. The number of halogens is 1. The number of thioether (sulfide) groups is 2. The lowest BCUT2D eigenvalue weighted by atomic mass is 10.0. The lowest BCUT2D eigenvalue weighted by molar-refractivity contribution is -0.135. The molecule has 3 aliphatic heterocycles. The molecule has 0 aromatic carbocycles. The summed E-state index contributed by atoms with van der Waals surface area (Å²) < 4.78 is 5.90. The van der Waals surface area contributed by atoms with E-state index in [4.69, 9.17) is 4.74 Å². The highest BCUT2D eigenvalue weighted by Gasteiger charge is 2.38.